The zero-order chi connectivity index (χ0) is 27.3. The minimum Gasteiger partial charge on any atom is -0.388 e. The SMILES string of the molecule is C[C@H]1CCCN1C(=O)c1nc(C(=O)N2CCC(C)(O)C2)sc1-c1cnc(NC(C)(C)C)cc1C(F)(F)F. The largest absolute Gasteiger partial charge is 0.417 e. The number of pyridine rings is 1. The number of halogens is 3. The zero-order valence-electron chi connectivity index (χ0n) is 21.6. The summed E-state index contributed by atoms with van der Waals surface area (Å²) < 4.78 is 42.8. The second-order valence-electron chi connectivity index (χ2n) is 11.1. The van der Waals surface area contributed by atoms with Crippen LogP contribution in [0.2, 0.25) is 0 Å². The third-order valence-electron chi connectivity index (χ3n) is 6.52. The molecule has 0 spiro atoms. The van der Waals surface area contributed by atoms with Gasteiger partial charge in [-0.1, -0.05) is 0 Å². The number of likely N-dealkylation sites (tertiary alicyclic amines) is 2. The van der Waals surface area contributed by atoms with E-state index in [1.165, 1.54) is 4.90 Å². The smallest absolute Gasteiger partial charge is 0.388 e. The molecule has 8 nitrogen and oxygen atoms in total. The standard InChI is InChI=1S/C25H32F3N5O3S/c1-14-7-6-9-33(14)21(34)18-19(37-20(30-18)22(35)32-10-8-24(5,36)13-32)15-12-29-17(31-23(2,3)4)11-16(15)25(26,27)28/h11-12,14,36H,6-10,13H2,1-5H3,(H,29,31)/t14-,24?/m0/s1. The Kier molecular flexibility index (Phi) is 7.04. The summed E-state index contributed by atoms with van der Waals surface area (Å²) >= 11 is 0.753. The van der Waals surface area contributed by atoms with E-state index in [1.807, 2.05) is 6.92 Å². The number of carbonyl (C=O) groups excluding carboxylic acids is 2. The fourth-order valence-corrected chi connectivity index (χ4v) is 5.74. The van der Waals surface area contributed by atoms with Gasteiger partial charge in [0.05, 0.1) is 16.0 Å². The topological polar surface area (TPSA) is 98.7 Å². The minimum atomic E-state index is -4.74. The normalized spacial score (nSPS) is 22.6. The van der Waals surface area contributed by atoms with E-state index in [0.29, 0.717) is 13.0 Å². The number of rotatable bonds is 4. The number of nitrogens with one attached hydrogen (secondary N) is 1. The molecule has 2 saturated heterocycles. The predicted octanol–water partition coefficient (Wildman–Crippen LogP) is 4.66. The molecule has 37 heavy (non-hydrogen) atoms. The third-order valence-corrected chi connectivity index (χ3v) is 7.60. The maximum atomic E-state index is 14.3. The van der Waals surface area contributed by atoms with Crippen molar-refractivity contribution >= 4 is 29.0 Å². The second-order valence-corrected chi connectivity index (χ2v) is 12.1. The summed E-state index contributed by atoms with van der Waals surface area (Å²) in [5, 5.41) is 13.1. The lowest BCUT2D eigenvalue weighted by molar-refractivity contribution is -0.137. The average Bonchev–Trinajstić information content (AvgIpc) is 3.49. The quantitative estimate of drug-likeness (QED) is 0.587. The Balaban J connectivity index is 1.83. The molecular weight excluding hydrogens is 507 g/mol. The van der Waals surface area contributed by atoms with Gasteiger partial charge in [0.25, 0.3) is 11.8 Å². The number of amides is 2. The summed E-state index contributed by atoms with van der Waals surface area (Å²) in [7, 11) is 0. The molecular formula is C25H32F3N5O3S. The molecule has 2 aromatic rings. The maximum absolute atomic E-state index is 14.3. The van der Waals surface area contributed by atoms with Crippen LogP contribution in [-0.2, 0) is 6.18 Å². The Morgan fingerprint density at radius 1 is 1.22 bits per heavy atom. The first-order valence-electron chi connectivity index (χ1n) is 12.2. The van der Waals surface area contributed by atoms with Crippen molar-refractivity contribution in [3.05, 3.63) is 28.5 Å². The van der Waals surface area contributed by atoms with Crippen LogP contribution in [0.15, 0.2) is 12.3 Å². The fraction of sp³-hybridized carbons (Fsp3) is 0.600. The first-order chi connectivity index (χ1) is 17.1. The van der Waals surface area contributed by atoms with E-state index in [2.05, 4.69) is 15.3 Å². The van der Waals surface area contributed by atoms with Crippen molar-refractivity contribution in [3.63, 3.8) is 0 Å². The highest BCUT2D eigenvalue weighted by molar-refractivity contribution is 7.17. The molecule has 0 radical (unpaired) electrons. The number of hydrogen-bond acceptors (Lipinski definition) is 7. The molecule has 4 rings (SSSR count). The number of aliphatic hydroxyl groups is 1. The van der Waals surface area contributed by atoms with Crippen LogP contribution in [0.25, 0.3) is 10.4 Å². The van der Waals surface area contributed by atoms with Crippen molar-refractivity contribution in [3.8, 4) is 10.4 Å². The molecule has 2 amide bonds. The molecule has 0 saturated carbocycles. The summed E-state index contributed by atoms with van der Waals surface area (Å²) in [6, 6.07) is 0.833. The monoisotopic (exact) mass is 539 g/mol. The molecule has 12 heteroatoms. The van der Waals surface area contributed by atoms with Gasteiger partial charge in [-0.25, -0.2) is 9.97 Å². The van der Waals surface area contributed by atoms with E-state index in [1.54, 1.807) is 32.6 Å². The van der Waals surface area contributed by atoms with E-state index in [4.69, 9.17) is 0 Å². The highest BCUT2D eigenvalue weighted by atomic mass is 32.1. The summed E-state index contributed by atoms with van der Waals surface area (Å²) in [6.45, 7) is 9.75. The lowest BCUT2D eigenvalue weighted by Gasteiger charge is -2.23. The molecule has 0 bridgehead atoms. The molecule has 202 valence electrons. The predicted molar refractivity (Wildman–Crippen MR) is 135 cm³/mol. The van der Waals surface area contributed by atoms with Gasteiger partial charge >= 0.3 is 6.18 Å². The molecule has 0 aromatic carbocycles. The Bertz CT molecular complexity index is 1210. The summed E-state index contributed by atoms with van der Waals surface area (Å²) in [5.41, 5.74) is -3.03. The molecule has 2 atom stereocenters. The zero-order valence-corrected chi connectivity index (χ0v) is 22.4. The number of anilines is 1. The van der Waals surface area contributed by atoms with Crippen molar-refractivity contribution in [1.29, 1.82) is 0 Å². The number of hydrogen-bond donors (Lipinski definition) is 2. The fourth-order valence-electron chi connectivity index (χ4n) is 4.69. The van der Waals surface area contributed by atoms with Crippen LogP contribution in [-0.4, -0.2) is 73.5 Å². The molecule has 2 N–H and O–H groups in total. The summed E-state index contributed by atoms with van der Waals surface area (Å²) in [6.07, 6.45) is -1.72. The van der Waals surface area contributed by atoms with E-state index < -0.39 is 34.7 Å². The first kappa shape index (κ1) is 27.3. The van der Waals surface area contributed by atoms with Gasteiger partial charge in [-0.3, -0.25) is 9.59 Å². The van der Waals surface area contributed by atoms with Crippen LogP contribution in [0.4, 0.5) is 19.0 Å². The third kappa shape index (κ3) is 5.90. The number of nitrogens with zero attached hydrogens (tertiary/aromatic N) is 4. The van der Waals surface area contributed by atoms with Crippen molar-refractivity contribution < 1.29 is 27.9 Å². The van der Waals surface area contributed by atoms with E-state index in [0.717, 1.165) is 36.4 Å². The lowest BCUT2D eigenvalue weighted by atomic mass is 10.1. The Hall–Kier alpha value is -2.73. The Morgan fingerprint density at radius 3 is 2.46 bits per heavy atom. The van der Waals surface area contributed by atoms with Crippen LogP contribution in [0, 0.1) is 0 Å². The van der Waals surface area contributed by atoms with E-state index in [9.17, 15) is 27.9 Å². The van der Waals surface area contributed by atoms with Crippen molar-refractivity contribution in [2.24, 2.45) is 0 Å². The molecule has 2 aliphatic heterocycles. The number of β-amino-alcohol motifs (C(OH)–C–C–N with tert-alkyl or cyclic N) is 1. The number of alkyl halides is 3. The van der Waals surface area contributed by atoms with E-state index >= 15 is 0 Å². The van der Waals surface area contributed by atoms with Crippen LogP contribution in [0.3, 0.4) is 0 Å². The van der Waals surface area contributed by atoms with Gasteiger partial charge in [0.15, 0.2) is 5.01 Å². The molecule has 2 aliphatic rings. The minimum absolute atomic E-state index is 0.0412. The van der Waals surface area contributed by atoms with Crippen molar-refractivity contribution in [2.75, 3.05) is 25.0 Å². The second kappa shape index (κ2) is 9.54. The van der Waals surface area contributed by atoms with Gasteiger partial charge < -0.3 is 20.2 Å². The molecule has 0 aliphatic carbocycles. The molecule has 1 unspecified atom stereocenters. The number of aromatic nitrogens is 2. The maximum Gasteiger partial charge on any atom is 0.417 e. The number of thiazole rings is 1. The van der Waals surface area contributed by atoms with Gasteiger partial charge in [0.2, 0.25) is 0 Å². The number of carbonyl (C=O) groups is 2. The van der Waals surface area contributed by atoms with Gasteiger partial charge in [-0.15, -0.1) is 11.3 Å². The van der Waals surface area contributed by atoms with E-state index in [-0.39, 0.29) is 46.1 Å². The van der Waals surface area contributed by atoms with Gasteiger partial charge in [0.1, 0.15) is 11.5 Å². The Morgan fingerprint density at radius 2 is 1.92 bits per heavy atom. The van der Waals surface area contributed by atoms with Crippen LogP contribution in [0.5, 0.6) is 0 Å². The van der Waals surface area contributed by atoms with Crippen molar-refractivity contribution in [1.82, 2.24) is 19.8 Å². The van der Waals surface area contributed by atoms with Crippen LogP contribution in [0.1, 0.15) is 79.7 Å². The van der Waals surface area contributed by atoms with Gasteiger partial charge in [-0.2, -0.15) is 13.2 Å². The van der Waals surface area contributed by atoms with Crippen molar-refractivity contribution in [2.45, 2.75) is 77.2 Å². The highest BCUT2D eigenvalue weighted by Gasteiger charge is 2.40. The summed E-state index contributed by atoms with van der Waals surface area (Å²) in [4.78, 5) is 38.2. The molecule has 4 heterocycles. The lowest BCUT2D eigenvalue weighted by Crippen LogP contribution is -2.35. The van der Waals surface area contributed by atoms with Crippen LogP contribution < -0.4 is 5.32 Å². The first-order valence-corrected chi connectivity index (χ1v) is 13.1. The molecule has 2 aromatic heterocycles. The highest BCUT2D eigenvalue weighted by Crippen LogP contribution is 2.42. The Labute approximate surface area is 217 Å². The average molecular weight is 540 g/mol. The van der Waals surface area contributed by atoms with Crippen LogP contribution >= 0.6 is 11.3 Å². The van der Waals surface area contributed by atoms with Gasteiger partial charge in [0, 0.05) is 43.0 Å². The molecule has 2 fully saturated rings. The van der Waals surface area contributed by atoms with Gasteiger partial charge in [-0.05, 0) is 59.9 Å². The summed E-state index contributed by atoms with van der Waals surface area (Å²) in [5.74, 6) is -0.983.